The Morgan fingerprint density at radius 3 is 2.15 bits per heavy atom. The number of nitrogens with zero attached hydrogens (tertiary/aromatic N) is 1. The molecule has 3 heteroatoms. The highest BCUT2D eigenvalue weighted by atomic mass is 16.6. The van der Waals surface area contributed by atoms with Crippen LogP contribution in [0, 0.1) is 11.3 Å². The summed E-state index contributed by atoms with van der Waals surface area (Å²) >= 11 is 0. The topological polar surface area (TPSA) is 45.0 Å². The van der Waals surface area contributed by atoms with E-state index in [1.165, 1.54) is 0 Å². The number of nitriles is 1. The fourth-order valence-electron chi connectivity index (χ4n) is 0.715. The van der Waals surface area contributed by atoms with E-state index in [4.69, 9.17) is 10.1 Å². The third kappa shape index (κ3) is 4.14. The zero-order valence-electron chi connectivity index (χ0n) is 8.16. The van der Waals surface area contributed by atoms with E-state index in [1.807, 2.05) is 19.9 Å². The molecular formula is C10H14N2O. The van der Waals surface area contributed by atoms with Crippen LogP contribution in [0.4, 0.5) is 0 Å². The van der Waals surface area contributed by atoms with Crippen molar-refractivity contribution in [2.24, 2.45) is 0 Å². The van der Waals surface area contributed by atoms with E-state index < -0.39 is 0 Å². The summed E-state index contributed by atoms with van der Waals surface area (Å²) in [7, 11) is 1.68. The highest BCUT2D eigenvalue weighted by Crippen LogP contribution is 2.09. The molecule has 1 rings (SSSR count). The van der Waals surface area contributed by atoms with Gasteiger partial charge in [0.1, 0.15) is 5.75 Å². The van der Waals surface area contributed by atoms with Crippen molar-refractivity contribution in [2.75, 3.05) is 7.05 Å². The predicted molar refractivity (Wildman–Crippen MR) is 52.2 cm³/mol. The van der Waals surface area contributed by atoms with Crippen molar-refractivity contribution in [2.45, 2.75) is 13.8 Å². The maximum atomic E-state index is 8.45. The van der Waals surface area contributed by atoms with Gasteiger partial charge >= 0.3 is 0 Å². The first-order valence-electron chi connectivity index (χ1n) is 4.20. The lowest BCUT2D eigenvalue weighted by atomic mass is 10.2. The van der Waals surface area contributed by atoms with Crippen LogP contribution >= 0.6 is 0 Å². The smallest absolute Gasteiger partial charge is 0.147 e. The van der Waals surface area contributed by atoms with Gasteiger partial charge in [-0.2, -0.15) is 10.7 Å². The Morgan fingerprint density at radius 1 is 1.23 bits per heavy atom. The lowest BCUT2D eigenvalue weighted by Crippen LogP contribution is -2.10. The molecule has 0 aliphatic heterocycles. The fourth-order valence-corrected chi connectivity index (χ4v) is 0.715. The second-order valence-corrected chi connectivity index (χ2v) is 1.94. The summed E-state index contributed by atoms with van der Waals surface area (Å²) in [6.45, 7) is 4.00. The van der Waals surface area contributed by atoms with Crippen LogP contribution in [0.5, 0.6) is 5.75 Å². The third-order valence-corrected chi connectivity index (χ3v) is 1.20. The van der Waals surface area contributed by atoms with E-state index in [0.29, 0.717) is 11.3 Å². The molecule has 0 aliphatic carbocycles. The monoisotopic (exact) mass is 178 g/mol. The number of hydrogen-bond acceptors (Lipinski definition) is 3. The molecule has 0 unspecified atom stereocenters. The van der Waals surface area contributed by atoms with E-state index in [0.717, 1.165) is 0 Å². The van der Waals surface area contributed by atoms with E-state index >= 15 is 0 Å². The van der Waals surface area contributed by atoms with Gasteiger partial charge in [0.25, 0.3) is 0 Å². The van der Waals surface area contributed by atoms with Gasteiger partial charge in [0.2, 0.25) is 0 Å². The molecular weight excluding hydrogens is 164 g/mol. The highest BCUT2D eigenvalue weighted by molar-refractivity contribution is 5.34. The molecule has 0 heterocycles. The van der Waals surface area contributed by atoms with Gasteiger partial charge in [0.05, 0.1) is 11.6 Å². The molecule has 13 heavy (non-hydrogen) atoms. The average Bonchev–Trinajstić information content (AvgIpc) is 2.23. The Kier molecular flexibility index (Phi) is 6.30. The second kappa shape index (κ2) is 7.14. The van der Waals surface area contributed by atoms with Crippen LogP contribution in [0.1, 0.15) is 19.4 Å². The third-order valence-electron chi connectivity index (χ3n) is 1.20. The normalized spacial score (nSPS) is 7.85. The molecule has 0 fully saturated rings. The van der Waals surface area contributed by atoms with Gasteiger partial charge in [-0.25, -0.2) is 0 Å². The molecule has 0 radical (unpaired) electrons. The van der Waals surface area contributed by atoms with Crippen LogP contribution < -0.4 is 10.3 Å². The van der Waals surface area contributed by atoms with Crippen molar-refractivity contribution < 1.29 is 4.84 Å². The SMILES string of the molecule is CC.CNOc1ccc(C#N)cc1. The molecule has 0 bridgehead atoms. The van der Waals surface area contributed by atoms with E-state index in [9.17, 15) is 0 Å². The number of rotatable bonds is 2. The first-order chi connectivity index (χ1) is 6.36. The van der Waals surface area contributed by atoms with Crippen LogP contribution in [-0.4, -0.2) is 7.05 Å². The molecule has 0 saturated carbocycles. The summed E-state index contributed by atoms with van der Waals surface area (Å²) in [4.78, 5) is 4.95. The first kappa shape index (κ1) is 11.5. The van der Waals surface area contributed by atoms with E-state index in [-0.39, 0.29) is 0 Å². The molecule has 0 aliphatic rings. The Hall–Kier alpha value is -1.53. The molecule has 0 saturated heterocycles. The Balaban J connectivity index is 0.000000671. The zero-order valence-corrected chi connectivity index (χ0v) is 8.16. The molecule has 0 spiro atoms. The van der Waals surface area contributed by atoms with Crippen molar-refractivity contribution in [3.05, 3.63) is 29.8 Å². The molecule has 0 atom stereocenters. The van der Waals surface area contributed by atoms with Gasteiger partial charge in [-0.05, 0) is 24.3 Å². The summed E-state index contributed by atoms with van der Waals surface area (Å²) < 4.78 is 0. The quantitative estimate of drug-likeness (QED) is 0.705. The lowest BCUT2D eigenvalue weighted by molar-refractivity contribution is 0.224. The van der Waals surface area contributed by atoms with Crippen LogP contribution in [0.2, 0.25) is 0 Å². The summed E-state index contributed by atoms with van der Waals surface area (Å²) in [6, 6.07) is 8.88. The molecule has 1 aromatic rings. The van der Waals surface area contributed by atoms with Gasteiger partial charge in [0, 0.05) is 7.05 Å². The summed E-state index contributed by atoms with van der Waals surface area (Å²) in [6.07, 6.45) is 0. The lowest BCUT2D eigenvalue weighted by Gasteiger charge is -2.00. The van der Waals surface area contributed by atoms with Crippen LogP contribution in [0.3, 0.4) is 0 Å². The predicted octanol–water partition coefficient (Wildman–Crippen LogP) is 2.10. The van der Waals surface area contributed by atoms with Gasteiger partial charge in [-0.15, -0.1) is 0 Å². The Morgan fingerprint density at radius 2 is 1.77 bits per heavy atom. The minimum Gasteiger partial charge on any atom is -0.409 e. The van der Waals surface area contributed by atoms with Crippen molar-refractivity contribution in [3.63, 3.8) is 0 Å². The zero-order chi connectivity index (χ0) is 10.1. The standard InChI is InChI=1S/C8H8N2O.C2H6/c1-10-11-8-4-2-7(6-9)3-5-8;1-2/h2-5,10H,1H3;1-2H3. The van der Waals surface area contributed by atoms with Crippen LogP contribution in [0.25, 0.3) is 0 Å². The second-order valence-electron chi connectivity index (χ2n) is 1.94. The molecule has 0 aromatic heterocycles. The fraction of sp³-hybridized carbons (Fsp3) is 0.300. The van der Waals surface area contributed by atoms with Gasteiger partial charge < -0.3 is 4.84 Å². The molecule has 70 valence electrons. The van der Waals surface area contributed by atoms with Gasteiger partial charge in [-0.1, -0.05) is 13.8 Å². The largest absolute Gasteiger partial charge is 0.409 e. The first-order valence-corrected chi connectivity index (χ1v) is 4.20. The van der Waals surface area contributed by atoms with Gasteiger partial charge in [0.15, 0.2) is 0 Å². The van der Waals surface area contributed by atoms with E-state index in [1.54, 1.807) is 31.3 Å². The van der Waals surface area contributed by atoms with E-state index in [2.05, 4.69) is 5.48 Å². The summed E-state index contributed by atoms with van der Waals surface area (Å²) in [5, 5.41) is 8.45. The molecule has 1 N–H and O–H groups in total. The minimum absolute atomic E-state index is 0.633. The number of hydrogen-bond donors (Lipinski definition) is 1. The van der Waals surface area contributed by atoms with Gasteiger partial charge in [-0.3, -0.25) is 0 Å². The number of benzene rings is 1. The van der Waals surface area contributed by atoms with Crippen molar-refractivity contribution in [3.8, 4) is 11.8 Å². The van der Waals surface area contributed by atoms with Crippen molar-refractivity contribution >= 4 is 0 Å². The summed E-state index contributed by atoms with van der Waals surface area (Å²) in [5.74, 6) is 0.700. The maximum absolute atomic E-state index is 8.45. The minimum atomic E-state index is 0.633. The molecule has 0 amide bonds. The van der Waals surface area contributed by atoms with Crippen LogP contribution in [0.15, 0.2) is 24.3 Å². The Labute approximate surface area is 78.9 Å². The highest BCUT2D eigenvalue weighted by Gasteiger charge is 1.91. The summed E-state index contributed by atoms with van der Waals surface area (Å²) in [5.41, 5.74) is 3.17. The number of nitrogens with one attached hydrogen (secondary N) is 1. The Bertz CT molecular complexity index is 261. The van der Waals surface area contributed by atoms with Crippen molar-refractivity contribution in [1.82, 2.24) is 5.48 Å². The average molecular weight is 178 g/mol. The molecule has 1 aromatic carbocycles. The van der Waals surface area contributed by atoms with Crippen molar-refractivity contribution in [1.29, 1.82) is 5.26 Å². The molecule has 3 nitrogen and oxygen atoms in total. The van der Waals surface area contributed by atoms with Crippen LogP contribution in [-0.2, 0) is 0 Å². The number of hydroxylamine groups is 1. The maximum Gasteiger partial charge on any atom is 0.147 e.